The SMILES string of the molecule is Cc1cc(C(N)=O)cc[n+]1[O-]. The quantitative estimate of drug-likeness (QED) is 0.444. The van der Waals surface area contributed by atoms with E-state index in [4.69, 9.17) is 5.73 Å². The van der Waals surface area contributed by atoms with Crippen molar-refractivity contribution < 1.29 is 9.52 Å². The molecule has 4 nitrogen and oxygen atoms in total. The first-order chi connectivity index (χ1) is 5.11. The number of aryl methyl sites for hydroxylation is 1. The molecule has 0 spiro atoms. The van der Waals surface area contributed by atoms with Crippen molar-refractivity contribution in [3.8, 4) is 0 Å². The molecule has 1 amide bonds. The number of nitrogens with two attached hydrogens (primary N) is 1. The van der Waals surface area contributed by atoms with Gasteiger partial charge in [0.15, 0.2) is 11.9 Å². The zero-order valence-corrected chi connectivity index (χ0v) is 6.07. The Morgan fingerprint density at radius 2 is 2.36 bits per heavy atom. The first-order valence-electron chi connectivity index (χ1n) is 3.11. The Hall–Kier alpha value is -1.58. The Morgan fingerprint density at radius 1 is 1.73 bits per heavy atom. The molecule has 0 fully saturated rings. The van der Waals surface area contributed by atoms with E-state index in [2.05, 4.69) is 0 Å². The molecular weight excluding hydrogens is 144 g/mol. The fraction of sp³-hybridized carbons (Fsp3) is 0.143. The molecule has 11 heavy (non-hydrogen) atoms. The normalized spacial score (nSPS) is 9.55. The standard InChI is InChI=1S/C7H8N2O2/c1-5-4-6(7(8)10)2-3-9(5)11/h2-4H,1H3,(H2,8,10). The van der Waals surface area contributed by atoms with Gasteiger partial charge in [0.2, 0.25) is 5.91 Å². The van der Waals surface area contributed by atoms with Gasteiger partial charge in [0, 0.05) is 19.1 Å². The third-order valence-electron chi connectivity index (χ3n) is 1.39. The molecular formula is C7H8N2O2. The average molecular weight is 152 g/mol. The number of amides is 1. The number of carbonyl (C=O) groups excluding carboxylic acids is 1. The summed E-state index contributed by atoms with van der Waals surface area (Å²) in [6.07, 6.45) is 1.26. The van der Waals surface area contributed by atoms with E-state index < -0.39 is 5.91 Å². The van der Waals surface area contributed by atoms with E-state index in [0.717, 1.165) is 0 Å². The summed E-state index contributed by atoms with van der Waals surface area (Å²) < 4.78 is 0.673. The Morgan fingerprint density at radius 3 is 2.82 bits per heavy atom. The van der Waals surface area contributed by atoms with Gasteiger partial charge in [0.25, 0.3) is 0 Å². The van der Waals surface area contributed by atoms with Gasteiger partial charge in [-0.2, -0.15) is 4.73 Å². The molecule has 1 rings (SSSR count). The molecule has 0 aromatic carbocycles. The maximum atomic E-state index is 10.8. The van der Waals surface area contributed by atoms with E-state index in [1.165, 1.54) is 18.3 Å². The predicted octanol–water partition coefficient (Wildman–Crippen LogP) is -0.273. The lowest BCUT2D eigenvalue weighted by Crippen LogP contribution is -2.30. The lowest BCUT2D eigenvalue weighted by molar-refractivity contribution is -0.612. The molecule has 1 heterocycles. The number of rotatable bonds is 1. The summed E-state index contributed by atoms with van der Waals surface area (Å²) >= 11 is 0. The van der Waals surface area contributed by atoms with Crippen LogP contribution < -0.4 is 10.5 Å². The highest BCUT2D eigenvalue weighted by atomic mass is 16.5. The maximum Gasteiger partial charge on any atom is 0.249 e. The van der Waals surface area contributed by atoms with Gasteiger partial charge in [0.1, 0.15) is 0 Å². The van der Waals surface area contributed by atoms with Crippen molar-refractivity contribution in [1.82, 2.24) is 0 Å². The van der Waals surface area contributed by atoms with E-state index in [-0.39, 0.29) is 0 Å². The van der Waals surface area contributed by atoms with E-state index >= 15 is 0 Å². The zero-order chi connectivity index (χ0) is 8.43. The van der Waals surface area contributed by atoms with Crippen LogP contribution in [0.2, 0.25) is 0 Å². The molecule has 0 saturated heterocycles. The van der Waals surface area contributed by atoms with Crippen LogP contribution in [0, 0.1) is 12.1 Å². The van der Waals surface area contributed by atoms with E-state index in [1.807, 2.05) is 0 Å². The van der Waals surface area contributed by atoms with Gasteiger partial charge in [-0.15, -0.1) is 0 Å². The van der Waals surface area contributed by atoms with E-state index in [1.54, 1.807) is 6.92 Å². The van der Waals surface area contributed by atoms with Crippen molar-refractivity contribution in [1.29, 1.82) is 0 Å². The summed E-state index contributed by atoms with van der Waals surface area (Å²) in [4.78, 5) is 10.6. The smallest absolute Gasteiger partial charge is 0.249 e. The minimum atomic E-state index is -0.520. The van der Waals surface area contributed by atoms with Gasteiger partial charge >= 0.3 is 0 Å². The number of aromatic nitrogens is 1. The van der Waals surface area contributed by atoms with Crippen LogP contribution in [0.1, 0.15) is 16.1 Å². The van der Waals surface area contributed by atoms with E-state index in [9.17, 15) is 10.0 Å². The Balaban J connectivity index is 3.15. The van der Waals surface area contributed by atoms with Crippen LogP contribution in [0.3, 0.4) is 0 Å². The predicted molar refractivity (Wildman–Crippen MR) is 38.7 cm³/mol. The topological polar surface area (TPSA) is 70.0 Å². The van der Waals surface area contributed by atoms with Gasteiger partial charge in [0.05, 0.1) is 5.56 Å². The number of hydrogen-bond acceptors (Lipinski definition) is 2. The maximum absolute atomic E-state index is 10.8. The largest absolute Gasteiger partial charge is 0.619 e. The number of hydrogen-bond donors (Lipinski definition) is 1. The number of carbonyl (C=O) groups is 1. The second-order valence-electron chi connectivity index (χ2n) is 2.25. The highest BCUT2D eigenvalue weighted by Crippen LogP contribution is 1.96. The Bertz CT molecular complexity index is 296. The van der Waals surface area contributed by atoms with Crippen molar-refractivity contribution in [2.45, 2.75) is 6.92 Å². The molecule has 1 aromatic rings. The van der Waals surface area contributed by atoms with Crippen molar-refractivity contribution in [2.75, 3.05) is 0 Å². The van der Waals surface area contributed by atoms with Crippen molar-refractivity contribution >= 4 is 5.91 Å². The lowest BCUT2D eigenvalue weighted by Gasteiger charge is -1.99. The van der Waals surface area contributed by atoms with Crippen molar-refractivity contribution in [3.05, 3.63) is 34.8 Å². The van der Waals surface area contributed by atoms with Crippen LogP contribution >= 0.6 is 0 Å². The highest BCUT2D eigenvalue weighted by molar-refractivity contribution is 5.92. The summed E-state index contributed by atoms with van der Waals surface area (Å²) in [6, 6.07) is 2.84. The van der Waals surface area contributed by atoms with Crippen LogP contribution in [-0.2, 0) is 0 Å². The fourth-order valence-electron chi connectivity index (χ4n) is 0.756. The molecule has 2 N–H and O–H groups in total. The van der Waals surface area contributed by atoms with Gasteiger partial charge in [-0.05, 0) is 0 Å². The third kappa shape index (κ3) is 1.46. The van der Waals surface area contributed by atoms with Crippen LogP contribution in [0.25, 0.3) is 0 Å². The fourth-order valence-corrected chi connectivity index (χ4v) is 0.756. The van der Waals surface area contributed by atoms with Crippen LogP contribution in [0.5, 0.6) is 0 Å². The monoisotopic (exact) mass is 152 g/mol. The summed E-state index contributed by atoms with van der Waals surface area (Å²) in [5.41, 5.74) is 5.80. The van der Waals surface area contributed by atoms with Crippen LogP contribution in [-0.4, -0.2) is 5.91 Å². The first kappa shape index (κ1) is 7.53. The molecule has 58 valence electrons. The third-order valence-corrected chi connectivity index (χ3v) is 1.39. The number of pyridine rings is 1. The van der Waals surface area contributed by atoms with Crippen LogP contribution in [0.15, 0.2) is 18.3 Å². The Labute approximate surface area is 63.8 Å². The molecule has 0 aliphatic carbocycles. The Kier molecular flexibility index (Phi) is 1.76. The second kappa shape index (κ2) is 2.57. The molecule has 0 radical (unpaired) electrons. The lowest BCUT2D eigenvalue weighted by atomic mass is 10.2. The average Bonchev–Trinajstić information content (AvgIpc) is 1.94. The molecule has 0 saturated carbocycles. The molecule has 1 aromatic heterocycles. The second-order valence-corrected chi connectivity index (χ2v) is 2.25. The van der Waals surface area contributed by atoms with Gasteiger partial charge in [-0.1, -0.05) is 0 Å². The summed E-state index contributed by atoms with van der Waals surface area (Å²) in [7, 11) is 0. The van der Waals surface area contributed by atoms with Gasteiger partial charge < -0.3 is 10.9 Å². The van der Waals surface area contributed by atoms with Crippen molar-refractivity contribution in [3.63, 3.8) is 0 Å². The van der Waals surface area contributed by atoms with Crippen molar-refractivity contribution in [2.24, 2.45) is 5.73 Å². The number of nitrogens with zero attached hydrogens (tertiary/aromatic N) is 1. The van der Waals surface area contributed by atoms with Gasteiger partial charge in [-0.3, -0.25) is 4.79 Å². The minimum absolute atomic E-state index is 0.356. The highest BCUT2D eigenvalue weighted by Gasteiger charge is 2.04. The van der Waals surface area contributed by atoms with Crippen LogP contribution in [0.4, 0.5) is 0 Å². The number of primary amides is 1. The zero-order valence-electron chi connectivity index (χ0n) is 6.07. The summed E-state index contributed by atoms with van der Waals surface area (Å²) in [6.45, 7) is 1.61. The summed E-state index contributed by atoms with van der Waals surface area (Å²) in [5.74, 6) is -0.520. The van der Waals surface area contributed by atoms with Gasteiger partial charge in [-0.25, -0.2) is 0 Å². The summed E-state index contributed by atoms with van der Waals surface area (Å²) in [5, 5.41) is 10.8. The molecule has 0 aliphatic heterocycles. The first-order valence-corrected chi connectivity index (χ1v) is 3.11. The molecule has 4 heteroatoms. The molecule has 0 aliphatic rings. The van der Waals surface area contributed by atoms with E-state index in [0.29, 0.717) is 16.0 Å². The molecule has 0 atom stereocenters. The molecule has 0 bridgehead atoms. The molecule has 0 unspecified atom stereocenters. The minimum Gasteiger partial charge on any atom is -0.619 e.